The maximum absolute atomic E-state index is 11.2. The molecule has 0 spiro atoms. The number of hydrogen-bond donors (Lipinski definition) is 3. The minimum Gasteiger partial charge on any atom is -0.478 e. The van der Waals surface area contributed by atoms with Crippen LogP contribution in [0.25, 0.3) is 0 Å². The average molecular weight is 263 g/mol. The van der Waals surface area contributed by atoms with Gasteiger partial charge in [0.2, 0.25) is 0 Å². The maximum Gasteiger partial charge on any atom is 0.339 e. The van der Waals surface area contributed by atoms with E-state index in [-0.39, 0.29) is 5.56 Å². The van der Waals surface area contributed by atoms with Gasteiger partial charge in [-0.1, -0.05) is 13.8 Å². The first-order chi connectivity index (χ1) is 8.87. The smallest absolute Gasteiger partial charge is 0.339 e. The number of pyridine rings is 1. The molecule has 5 heteroatoms. The first kappa shape index (κ1) is 13.6. The molecular weight excluding hydrogens is 242 g/mol. The van der Waals surface area contributed by atoms with E-state index in [1.165, 1.54) is 12.3 Å². The highest BCUT2D eigenvalue weighted by Gasteiger charge is 2.27. The van der Waals surface area contributed by atoms with Gasteiger partial charge in [-0.05, 0) is 37.2 Å². The van der Waals surface area contributed by atoms with Crippen LogP contribution in [0, 0.1) is 5.41 Å². The van der Waals surface area contributed by atoms with Gasteiger partial charge in [0.25, 0.3) is 0 Å². The summed E-state index contributed by atoms with van der Waals surface area (Å²) >= 11 is 0. The van der Waals surface area contributed by atoms with Crippen LogP contribution in [0.3, 0.4) is 0 Å². The molecule has 1 aliphatic rings. The van der Waals surface area contributed by atoms with E-state index in [0.717, 1.165) is 25.7 Å². The number of carboxylic acid groups (broad SMARTS) is 1. The number of aromatic carboxylic acids is 1. The van der Waals surface area contributed by atoms with E-state index in [1.807, 2.05) is 0 Å². The Morgan fingerprint density at radius 2 is 2.11 bits per heavy atom. The SMILES string of the molecule is CC1(C)CCC(Nc2ncc(N)cc2C(=O)O)CC1. The zero-order chi connectivity index (χ0) is 14.0. The van der Waals surface area contributed by atoms with Crippen LogP contribution >= 0.6 is 0 Å². The molecule has 0 aliphatic heterocycles. The third-order valence-corrected chi connectivity index (χ3v) is 3.82. The number of aromatic nitrogens is 1. The Kier molecular flexibility index (Phi) is 3.64. The summed E-state index contributed by atoms with van der Waals surface area (Å²) in [6, 6.07) is 1.74. The van der Waals surface area contributed by atoms with Crippen LogP contribution in [0.4, 0.5) is 11.5 Å². The molecule has 1 heterocycles. The lowest BCUT2D eigenvalue weighted by molar-refractivity contribution is 0.0697. The minimum absolute atomic E-state index is 0.143. The highest BCUT2D eigenvalue weighted by molar-refractivity contribution is 5.94. The molecule has 5 nitrogen and oxygen atoms in total. The Morgan fingerprint density at radius 3 is 2.68 bits per heavy atom. The Hall–Kier alpha value is -1.78. The molecule has 19 heavy (non-hydrogen) atoms. The molecule has 0 bridgehead atoms. The predicted molar refractivity (Wildman–Crippen MR) is 75.3 cm³/mol. The molecule has 0 aromatic carbocycles. The molecule has 1 aromatic rings. The van der Waals surface area contributed by atoms with E-state index in [0.29, 0.717) is 23.0 Å². The van der Waals surface area contributed by atoms with Crippen LogP contribution in [0.15, 0.2) is 12.3 Å². The van der Waals surface area contributed by atoms with Crippen molar-refractivity contribution in [2.24, 2.45) is 5.41 Å². The molecule has 1 saturated carbocycles. The minimum atomic E-state index is -1.00. The number of nitrogen functional groups attached to an aromatic ring is 1. The summed E-state index contributed by atoms with van der Waals surface area (Å²) in [7, 11) is 0. The molecule has 2 rings (SSSR count). The Bertz CT molecular complexity index is 476. The molecule has 0 unspecified atom stereocenters. The van der Waals surface area contributed by atoms with Crippen molar-refractivity contribution in [1.29, 1.82) is 0 Å². The van der Waals surface area contributed by atoms with Crippen LogP contribution in [0.5, 0.6) is 0 Å². The molecule has 0 amide bonds. The van der Waals surface area contributed by atoms with Crippen molar-refractivity contribution >= 4 is 17.5 Å². The molecule has 0 saturated heterocycles. The molecule has 104 valence electrons. The molecule has 1 fully saturated rings. The van der Waals surface area contributed by atoms with Gasteiger partial charge >= 0.3 is 5.97 Å². The monoisotopic (exact) mass is 263 g/mol. The number of rotatable bonds is 3. The van der Waals surface area contributed by atoms with Crippen molar-refractivity contribution in [1.82, 2.24) is 4.98 Å². The zero-order valence-corrected chi connectivity index (χ0v) is 11.4. The quantitative estimate of drug-likeness (QED) is 0.780. The van der Waals surface area contributed by atoms with Gasteiger partial charge < -0.3 is 16.2 Å². The zero-order valence-electron chi connectivity index (χ0n) is 11.4. The summed E-state index contributed by atoms with van der Waals surface area (Å²) in [5.41, 5.74) is 6.48. The number of carboxylic acids is 1. The number of hydrogen-bond acceptors (Lipinski definition) is 4. The van der Waals surface area contributed by atoms with Gasteiger partial charge in [-0.3, -0.25) is 0 Å². The maximum atomic E-state index is 11.2. The van der Waals surface area contributed by atoms with E-state index in [2.05, 4.69) is 24.1 Å². The lowest BCUT2D eigenvalue weighted by Gasteiger charge is -2.35. The number of nitrogens with two attached hydrogens (primary N) is 1. The second-order valence-corrected chi connectivity index (χ2v) is 6.05. The van der Waals surface area contributed by atoms with Gasteiger partial charge in [-0.2, -0.15) is 0 Å². The van der Waals surface area contributed by atoms with Crippen LogP contribution in [0.1, 0.15) is 49.9 Å². The predicted octanol–water partition coefficient (Wildman–Crippen LogP) is 2.74. The molecular formula is C14H21N3O2. The molecule has 1 aliphatic carbocycles. The van der Waals surface area contributed by atoms with Crippen LogP contribution in [0.2, 0.25) is 0 Å². The fourth-order valence-electron chi connectivity index (χ4n) is 2.50. The Labute approximate surface area is 113 Å². The number of anilines is 2. The van der Waals surface area contributed by atoms with Crippen molar-refractivity contribution in [2.75, 3.05) is 11.1 Å². The van der Waals surface area contributed by atoms with Crippen LogP contribution in [-0.2, 0) is 0 Å². The summed E-state index contributed by atoms with van der Waals surface area (Å²) in [5.74, 6) is -0.579. The van der Waals surface area contributed by atoms with Crippen molar-refractivity contribution in [2.45, 2.75) is 45.6 Å². The summed E-state index contributed by atoms with van der Waals surface area (Å²) < 4.78 is 0. The van der Waals surface area contributed by atoms with E-state index in [1.54, 1.807) is 0 Å². The lowest BCUT2D eigenvalue weighted by atomic mass is 9.75. The lowest BCUT2D eigenvalue weighted by Crippen LogP contribution is -2.30. The standard InChI is InChI=1S/C14H21N3O2/c1-14(2)5-3-10(4-6-14)17-12-11(13(18)19)7-9(15)8-16-12/h7-8,10H,3-6,15H2,1-2H3,(H,16,17)(H,18,19). The van der Waals surface area contributed by atoms with E-state index < -0.39 is 5.97 Å². The number of nitrogens with one attached hydrogen (secondary N) is 1. The molecule has 0 atom stereocenters. The van der Waals surface area contributed by atoms with Crippen molar-refractivity contribution in [3.05, 3.63) is 17.8 Å². The van der Waals surface area contributed by atoms with Gasteiger partial charge in [0, 0.05) is 6.04 Å². The topological polar surface area (TPSA) is 88.2 Å². The number of nitrogens with zero attached hydrogens (tertiary/aromatic N) is 1. The fraction of sp³-hybridized carbons (Fsp3) is 0.571. The van der Waals surface area contributed by atoms with Gasteiger partial charge in [0.1, 0.15) is 11.4 Å². The van der Waals surface area contributed by atoms with E-state index in [9.17, 15) is 4.79 Å². The van der Waals surface area contributed by atoms with Crippen LogP contribution in [-0.4, -0.2) is 22.1 Å². The summed E-state index contributed by atoms with van der Waals surface area (Å²) in [6.07, 6.45) is 5.85. The first-order valence-electron chi connectivity index (χ1n) is 6.63. The number of carbonyl (C=O) groups is 1. The molecule has 4 N–H and O–H groups in total. The second-order valence-electron chi connectivity index (χ2n) is 6.05. The highest BCUT2D eigenvalue weighted by atomic mass is 16.4. The summed E-state index contributed by atoms with van der Waals surface area (Å²) in [5, 5.41) is 12.4. The Balaban J connectivity index is 2.10. The normalized spacial score (nSPS) is 19.1. The van der Waals surface area contributed by atoms with Gasteiger partial charge in [-0.25, -0.2) is 9.78 Å². The van der Waals surface area contributed by atoms with Crippen molar-refractivity contribution in [3.8, 4) is 0 Å². The Morgan fingerprint density at radius 1 is 1.47 bits per heavy atom. The summed E-state index contributed by atoms with van der Waals surface area (Å²) in [6.45, 7) is 4.54. The molecule has 0 radical (unpaired) electrons. The fourth-order valence-corrected chi connectivity index (χ4v) is 2.50. The van der Waals surface area contributed by atoms with E-state index in [4.69, 9.17) is 10.8 Å². The largest absolute Gasteiger partial charge is 0.478 e. The second kappa shape index (κ2) is 5.07. The van der Waals surface area contributed by atoms with Crippen LogP contribution < -0.4 is 11.1 Å². The van der Waals surface area contributed by atoms with Gasteiger partial charge in [0.15, 0.2) is 0 Å². The third kappa shape index (κ3) is 3.36. The average Bonchev–Trinajstić information content (AvgIpc) is 2.33. The van der Waals surface area contributed by atoms with Crippen molar-refractivity contribution < 1.29 is 9.90 Å². The molecule has 1 aromatic heterocycles. The third-order valence-electron chi connectivity index (χ3n) is 3.82. The van der Waals surface area contributed by atoms with Gasteiger partial charge in [0.05, 0.1) is 11.9 Å². The first-order valence-corrected chi connectivity index (χ1v) is 6.63. The van der Waals surface area contributed by atoms with Gasteiger partial charge in [-0.15, -0.1) is 0 Å². The van der Waals surface area contributed by atoms with E-state index >= 15 is 0 Å². The highest BCUT2D eigenvalue weighted by Crippen LogP contribution is 2.36. The summed E-state index contributed by atoms with van der Waals surface area (Å²) in [4.78, 5) is 15.3. The van der Waals surface area contributed by atoms with Crippen molar-refractivity contribution in [3.63, 3.8) is 0 Å².